The molecule has 0 aromatic heterocycles. The number of rotatable bonds is 2. The highest BCUT2D eigenvalue weighted by atomic mass is 16.4. The van der Waals surface area contributed by atoms with Crippen LogP contribution in [0.1, 0.15) is 51.4 Å². The minimum absolute atomic E-state index is 0.100. The van der Waals surface area contributed by atoms with Gasteiger partial charge in [0.15, 0.2) is 0 Å². The maximum Gasteiger partial charge on any atom is 0.308 e. The van der Waals surface area contributed by atoms with Crippen LogP contribution < -0.4 is 0 Å². The Morgan fingerprint density at radius 2 is 1.88 bits per heavy atom. The lowest BCUT2D eigenvalue weighted by atomic mass is 9.92. The van der Waals surface area contributed by atoms with Crippen LogP contribution >= 0.6 is 0 Å². The fraction of sp³-hybridized carbons (Fsp3) is 0.929. The minimum atomic E-state index is -0.556. The summed E-state index contributed by atoms with van der Waals surface area (Å²) in [5.74, 6) is 0.217. The zero-order chi connectivity index (χ0) is 11.8. The summed E-state index contributed by atoms with van der Waals surface area (Å²) in [4.78, 5) is 14.0. The van der Waals surface area contributed by atoms with E-state index in [-0.39, 0.29) is 5.92 Å². The molecule has 1 saturated heterocycles. The molecular weight excluding hydrogens is 214 g/mol. The Bertz CT molecular complexity index is 305. The molecule has 2 saturated carbocycles. The lowest BCUT2D eigenvalue weighted by Crippen LogP contribution is -2.46. The molecule has 1 N–H and O–H groups in total. The number of hydrogen-bond acceptors (Lipinski definition) is 2. The van der Waals surface area contributed by atoms with Crippen LogP contribution in [0.15, 0.2) is 0 Å². The van der Waals surface area contributed by atoms with Crippen LogP contribution in [0, 0.1) is 11.8 Å². The third kappa shape index (κ3) is 2.10. The van der Waals surface area contributed by atoms with Gasteiger partial charge in [-0.25, -0.2) is 0 Å². The molecule has 3 rings (SSSR count). The normalized spacial score (nSPS) is 42.6. The largest absolute Gasteiger partial charge is 0.481 e. The van der Waals surface area contributed by atoms with E-state index in [2.05, 4.69) is 4.90 Å². The number of fused-ring (bicyclic) bond motifs is 2. The predicted molar refractivity (Wildman–Crippen MR) is 65.8 cm³/mol. The van der Waals surface area contributed by atoms with Gasteiger partial charge in [0, 0.05) is 18.6 Å². The van der Waals surface area contributed by atoms with Crippen molar-refractivity contribution in [1.82, 2.24) is 4.90 Å². The Morgan fingerprint density at radius 1 is 1.06 bits per heavy atom. The first-order valence-corrected chi connectivity index (χ1v) is 7.24. The van der Waals surface area contributed by atoms with E-state index in [9.17, 15) is 9.90 Å². The van der Waals surface area contributed by atoms with E-state index >= 15 is 0 Å². The van der Waals surface area contributed by atoms with E-state index in [0.717, 1.165) is 25.2 Å². The third-order valence-corrected chi connectivity index (χ3v) is 5.17. The number of hydrogen-bond donors (Lipinski definition) is 1. The van der Waals surface area contributed by atoms with Crippen LogP contribution in [-0.2, 0) is 4.79 Å². The summed E-state index contributed by atoms with van der Waals surface area (Å²) in [5.41, 5.74) is 0. The quantitative estimate of drug-likeness (QED) is 0.750. The number of carboxylic acid groups (broad SMARTS) is 1. The van der Waals surface area contributed by atoms with Gasteiger partial charge in [0.05, 0.1) is 5.92 Å². The molecule has 4 atom stereocenters. The monoisotopic (exact) mass is 237 g/mol. The number of likely N-dealkylation sites (tertiary alicyclic amines) is 1. The number of piperidine rings is 1. The molecule has 0 radical (unpaired) electrons. The summed E-state index contributed by atoms with van der Waals surface area (Å²) in [6, 6.07) is 1.05. The van der Waals surface area contributed by atoms with Gasteiger partial charge in [0.25, 0.3) is 0 Å². The van der Waals surface area contributed by atoms with Crippen LogP contribution in [0.25, 0.3) is 0 Å². The predicted octanol–water partition coefficient (Wildman–Crippen LogP) is 2.50. The average molecular weight is 237 g/mol. The van der Waals surface area contributed by atoms with Crippen LogP contribution in [0.4, 0.5) is 0 Å². The van der Waals surface area contributed by atoms with Gasteiger partial charge in [0.1, 0.15) is 0 Å². The van der Waals surface area contributed by atoms with Crippen molar-refractivity contribution in [1.29, 1.82) is 0 Å². The molecule has 96 valence electrons. The zero-order valence-corrected chi connectivity index (χ0v) is 10.5. The molecule has 2 aliphatic carbocycles. The fourth-order valence-electron chi connectivity index (χ4n) is 4.34. The Hall–Kier alpha value is -0.570. The van der Waals surface area contributed by atoms with Gasteiger partial charge in [-0.2, -0.15) is 0 Å². The first-order chi connectivity index (χ1) is 8.25. The van der Waals surface area contributed by atoms with Gasteiger partial charge in [-0.3, -0.25) is 9.69 Å². The van der Waals surface area contributed by atoms with Crippen molar-refractivity contribution in [3.05, 3.63) is 0 Å². The van der Waals surface area contributed by atoms with Crippen LogP contribution in [-0.4, -0.2) is 34.6 Å². The molecule has 1 aliphatic heterocycles. The highest BCUT2D eigenvalue weighted by molar-refractivity contribution is 5.71. The van der Waals surface area contributed by atoms with Crippen molar-refractivity contribution < 1.29 is 9.90 Å². The first-order valence-electron chi connectivity index (χ1n) is 7.24. The van der Waals surface area contributed by atoms with E-state index in [1.54, 1.807) is 0 Å². The molecule has 2 bridgehead atoms. The molecule has 17 heavy (non-hydrogen) atoms. The second-order valence-corrected chi connectivity index (χ2v) is 6.18. The second kappa shape index (κ2) is 4.60. The van der Waals surface area contributed by atoms with Gasteiger partial charge in [-0.05, 0) is 38.0 Å². The van der Waals surface area contributed by atoms with Crippen molar-refractivity contribution in [2.24, 2.45) is 11.8 Å². The molecule has 3 heteroatoms. The van der Waals surface area contributed by atoms with E-state index in [1.807, 2.05) is 0 Å². The van der Waals surface area contributed by atoms with Crippen molar-refractivity contribution in [3.8, 4) is 0 Å². The summed E-state index contributed by atoms with van der Waals surface area (Å²) in [6.07, 6.45) is 9.59. The second-order valence-electron chi connectivity index (χ2n) is 6.18. The Balaban J connectivity index is 1.76. The highest BCUT2D eigenvalue weighted by Gasteiger charge is 2.44. The lowest BCUT2D eigenvalue weighted by Gasteiger charge is -2.37. The number of aliphatic carboxylic acids is 1. The summed E-state index contributed by atoms with van der Waals surface area (Å²) >= 11 is 0. The van der Waals surface area contributed by atoms with E-state index in [1.165, 1.54) is 38.6 Å². The molecular formula is C14H23NO2. The van der Waals surface area contributed by atoms with Gasteiger partial charge in [0.2, 0.25) is 0 Å². The molecule has 0 spiro atoms. The number of nitrogens with zero attached hydrogens (tertiary/aromatic N) is 1. The Labute approximate surface area is 103 Å². The fourth-order valence-corrected chi connectivity index (χ4v) is 4.34. The molecule has 0 aromatic rings. The summed E-state index contributed by atoms with van der Waals surface area (Å²) < 4.78 is 0. The molecule has 0 amide bonds. The summed E-state index contributed by atoms with van der Waals surface area (Å²) in [7, 11) is 0. The maximum absolute atomic E-state index is 11.5. The summed E-state index contributed by atoms with van der Waals surface area (Å²) in [6.45, 7) is 1.18. The smallest absolute Gasteiger partial charge is 0.308 e. The van der Waals surface area contributed by atoms with Gasteiger partial charge >= 0.3 is 5.97 Å². The Morgan fingerprint density at radius 3 is 2.53 bits per heavy atom. The summed E-state index contributed by atoms with van der Waals surface area (Å²) in [5, 5.41) is 9.44. The van der Waals surface area contributed by atoms with Gasteiger partial charge < -0.3 is 5.11 Å². The third-order valence-electron chi connectivity index (χ3n) is 5.17. The zero-order valence-electron chi connectivity index (χ0n) is 10.5. The SMILES string of the molecule is O=C(O)C1CCCCCC1N1CC2CCC1C2. The highest BCUT2D eigenvalue weighted by Crippen LogP contribution is 2.42. The number of carboxylic acids is 1. The first kappa shape index (κ1) is 11.5. The van der Waals surface area contributed by atoms with Gasteiger partial charge in [-0.15, -0.1) is 0 Å². The molecule has 0 aromatic carbocycles. The average Bonchev–Trinajstić information content (AvgIpc) is 2.83. The maximum atomic E-state index is 11.5. The van der Waals surface area contributed by atoms with E-state index in [4.69, 9.17) is 0 Å². The molecule has 3 nitrogen and oxygen atoms in total. The van der Waals surface area contributed by atoms with Gasteiger partial charge in [-0.1, -0.05) is 19.3 Å². The molecule has 3 aliphatic rings. The Kier molecular flexibility index (Phi) is 3.12. The van der Waals surface area contributed by atoms with E-state index in [0.29, 0.717) is 12.1 Å². The minimum Gasteiger partial charge on any atom is -0.481 e. The van der Waals surface area contributed by atoms with Crippen LogP contribution in [0.3, 0.4) is 0 Å². The molecule has 3 fully saturated rings. The van der Waals surface area contributed by atoms with Crippen LogP contribution in [0.2, 0.25) is 0 Å². The van der Waals surface area contributed by atoms with Crippen molar-refractivity contribution in [2.45, 2.75) is 63.5 Å². The standard InChI is InChI=1S/C14H23NO2/c16-14(17)12-4-2-1-3-5-13(12)15-9-10-6-7-11(15)8-10/h10-13H,1-9H2,(H,16,17). The molecule has 1 heterocycles. The topological polar surface area (TPSA) is 40.5 Å². The van der Waals surface area contributed by atoms with Crippen molar-refractivity contribution in [2.75, 3.05) is 6.54 Å². The lowest BCUT2D eigenvalue weighted by molar-refractivity contribution is -0.144. The van der Waals surface area contributed by atoms with Crippen molar-refractivity contribution >= 4 is 5.97 Å². The number of carbonyl (C=O) groups is 1. The van der Waals surface area contributed by atoms with E-state index < -0.39 is 5.97 Å². The molecule has 4 unspecified atom stereocenters. The van der Waals surface area contributed by atoms with Crippen molar-refractivity contribution in [3.63, 3.8) is 0 Å². The van der Waals surface area contributed by atoms with Crippen LogP contribution in [0.5, 0.6) is 0 Å².